The number of nitro groups is 1. The monoisotopic (exact) mass is 307 g/mol. The summed E-state index contributed by atoms with van der Waals surface area (Å²) in [4.78, 5) is 14.1. The van der Waals surface area contributed by atoms with E-state index in [0.717, 1.165) is 17.6 Å². The van der Waals surface area contributed by atoms with E-state index in [1.54, 1.807) is 24.0 Å². The normalized spacial score (nSPS) is 10.7. The maximum absolute atomic E-state index is 10.5. The summed E-state index contributed by atoms with van der Waals surface area (Å²) in [6, 6.07) is 3.60. The minimum atomic E-state index is -0.534. The number of nitrogens with zero attached hydrogens (tertiary/aromatic N) is 2. The van der Waals surface area contributed by atoms with Crippen LogP contribution in [0.4, 0.5) is 5.69 Å². The largest absolute Gasteiger partial charge is 0.397 e. The summed E-state index contributed by atoms with van der Waals surface area (Å²) in [7, 11) is 0. The minimum Gasteiger partial charge on any atom is -0.397 e. The van der Waals surface area contributed by atoms with Crippen LogP contribution in [0.2, 0.25) is 0 Å². The quantitative estimate of drug-likeness (QED) is 0.268. The molecule has 0 aliphatic rings. The van der Waals surface area contributed by atoms with Gasteiger partial charge in [0.2, 0.25) is 0 Å². The first-order valence-corrected chi connectivity index (χ1v) is 7.32. The summed E-state index contributed by atoms with van der Waals surface area (Å²) in [5.74, 6) is 4.11. The van der Waals surface area contributed by atoms with Gasteiger partial charge in [-0.3, -0.25) is 15.1 Å². The number of nitrogens with two attached hydrogens (primary N) is 1. The van der Waals surface area contributed by atoms with Gasteiger partial charge in [0, 0.05) is 24.2 Å². The predicted octanol–water partition coefficient (Wildman–Crippen LogP) is 0.785. The lowest BCUT2D eigenvalue weighted by Crippen LogP contribution is -2.29. The van der Waals surface area contributed by atoms with Gasteiger partial charge >= 0.3 is 0 Å². The zero-order valence-electron chi connectivity index (χ0n) is 11.4. The Morgan fingerprint density at radius 2 is 2.43 bits per heavy atom. The Kier molecular flexibility index (Phi) is 7.53. The molecule has 1 aromatic rings. The fourth-order valence-electron chi connectivity index (χ4n) is 1.40. The molecule has 1 rings (SSSR count). The van der Waals surface area contributed by atoms with Crippen LogP contribution in [0.15, 0.2) is 30.4 Å². The third kappa shape index (κ3) is 7.08. The average Bonchev–Trinajstić information content (AvgIpc) is 2.45. The summed E-state index contributed by atoms with van der Waals surface area (Å²) in [6.07, 6.45) is 7.66. The molecule has 0 amide bonds. The lowest BCUT2D eigenvalue weighted by molar-refractivity contribution is -0.404. The number of hydrogen-bond donors (Lipinski definition) is 3. The lowest BCUT2D eigenvalue weighted by Gasteiger charge is -2.09. The van der Waals surface area contributed by atoms with Crippen LogP contribution in [0.5, 0.6) is 0 Å². The molecule has 0 unspecified atom stereocenters. The molecule has 21 heavy (non-hydrogen) atoms. The Morgan fingerprint density at radius 1 is 1.62 bits per heavy atom. The average molecular weight is 307 g/mol. The number of anilines is 1. The summed E-state index contributed by atoms with van der Waals surface area (Å²) in [5.41, 5.74) is 7.30. The fraction of sp³-hybridized carbons (Fsp3) is 0.308. The van der Waals surface area contributed by atoms with Gasteiger partial charge < -0.3 is 16.4 Å². The molecule has 0 bridgehead atoms. The van der Waals surface area contributed by atoms with Crippen molar-refractivity contribution in [1.82, 2.24) is 15.6 Å². The van der Waals surface area contributed by atoms with Crippen LogP contribution < -0.4 is 16.4 Å². The zero-order chi connectivity index (χ0) is 15.5. The maximum Gasteiger partial charge on any atom is 0.274 e. The van der Waals surface area contributed by atoms with Gasteiger partial charge in [0.15, 0.2) is 5.82 Å². The van der Waals surface area contributed by atoms with E-state index in [2.05, 4.69) is 21.5 Å². The Hall–Kier alpha value is -2.40. The van der Waals surface area contributed by atoms with Gasteiger partial charge in [0.1, 0.15) is 0 Å². The van der Waals surface area contributed by atoms with Crippen LogP contribution in [0.1, 0.15) is 5.69 Å². The van der Waals surface area contributed by atoms with E-state index in [-0.39, 0.29) is 6.54 Å². The first kappa shape index (κ1) is 16.7. The van der Waals surface area contributed by atoms with Gasteiger partial charge in [-0.05, 0) is 12.1 Å². The number of nitrogen functional groups attached to an aromatic ring is 1. The lowest BCUT2D eigenvalue weighted by atomic mass is 10.3. The van der Waals surface area contributed by atoms with Crippen LogP contribution in [0.3, 0.4) is 0 Å². The minimum absolute atomic E-state index is 0.226. The number of nitrogens with one attached hydrogen (secondary N) is 2. The molecule has 0 atom stereocenters. The maximum atomic E-state index is 10.5. The van der Waals surface area contributed by atoms with E-state index >= 15 is 0 Å². The highest BCUT2D eigenvalue weighted by Gasteiger charge is 2.02. The highest BCUT2D eigenvalue weighted by atomic mass is 32.2. The van der Waals surface area contributed by atoms with Crippen molar-refractivity contribution in [3.8, 4) is 12.3 Å². The molecule has 0 saturated carbocycles. The van der Waals surface area contributed by atoms with Crippen LogP contribution in [0.25, 0.3) is 0 Å². The molecule has 0 aliphatic carbocycles. The molecule has 0 saturated heterocycles. The second kappa shape index (κ2) is 9.50. The smallest absolute Gasteiger partial charge is 0.274 e. The van der Waals surface area contributed by atoms with Gasteiger partial charge in [-0.15, -0.1) is 6.42 Å². The third-order valence-electron chi connectivity index (χ3n) is 2.34. The Labute approximate surface area is 127 Å². The topological polar surface area (TPSA) is 106 Å². The number of aromatic nitrogens is 1. The van der Waals surface area contributed by atoms with Crippen LogP contribution in [0, 0.1) is 22.5 Å². The molecule has 0 aromatic carbocycles. The van der Waals surface area contributed by atoms with Crippen molar-refractivity contribution in [2.45, 2.75) is 5.75 Å². The first-order valence-electron chi connectivity index (χ1n) is 6.17. The third-order valence-corrected chi connectivity index (χ3v) is 3.31. The Morgan fingerprint density at radius 3 is 3.10 bits per heavy atom. The fourth-order valence-corrected chi connectivity index (χ4v) is 2.23. The highest BCUT2D eigenvalue weighted by molar-refractivity contribution is 7.98. The molecule has 0 aliphatic heterocycles. The molecule has 0 fully saturated rings. The van der Waals surface area contributed by atoms with Crippen molar-refractivity contribution < 1.29 is 4.92 Å². The summed E-state index contributed by atoms with van der Waals surface area (Å²) in [5, 5.41) is 16.1. The van der Waals surface area contributed by atoms with E-state index < -0.39 is 4.92 Å². The van der Waals surface area contributed by atoms with Crippen molar-refractivity contribution in [2.24, 2.45) is 0 Å². The molecule has 0 spiro atoms. The van der Waals surface area contributed by atoms with Gasteiger partial charge in [-0.25, -0.2) is 0 Å². The van der Waals surface area contributed by atoms with Crippen molar-refractivity contribution in [3.05, 3.63) is 46.2 Å². The van der Waals surface area contributed by atoms with E-state index in [1.165, 1.54) is 0 Å². The first-order chi connectivity index (χ1) is 10.1. The second-order valence-electron chi connectivity index (χ2n) is 3.90. The number of pyridine rings is 1. The number of terminal acetylenes is 1. The van der Waals surface area contributed by atoms with E-state index in [4.69, 9.17) is 12.2 Å². The Bertz CT molecular complexity index is 542. The highest BCUT2D eigenvalue weighted by Crippen LogP contribution is 2.14. The zero-order valence-corrected chi connectivity index (χ0v) is 12.2. The molecule has 7 nitrogen and oxygen atoms in total. The molecule has 8 heteroatoms. The summed E-state index contributed by atoms with van der Waals surface area (Å²) in [6.45, 7) is 0.791. The van der Waals surface area contributed by atoms with Crippen LogP contribution >= 0.6 is 11.8 Å². The second-order valence-corrected chi connectivity index (χ2v) is 5.01. The van der Waals surface area contributed by atoms with Gasteiger partial charge in [0.05, 0.1) is 22.8 Å². The Balaban J connectivity index is 2.30. The van der Waals surface area contributed by atoms with E-state index in [1.807, 2.05) is 6.07 Å². The van der Waals surface area contributed by atoms with Crippen molar-refractivity contribution >= 4 is 17.4 Å². The standard InChI is InChI=1S/C13H17N5O2S/c1-2-5-16-13(9-18(19)20)17-7-8-21-10-12-11(14)4-3-6-15-12/h1,3-4,6,9,16-17H,5,7-8,10,14H2/b13-9-. The predicted molar refractivity (Wildman–Crippen MR) is 84.7 cm³/mol. The molecular formula is C13H17N5O2S. The molecule has 0 radical (unpaired) electrons. The molecular weight excluding hydrogens is 290 g/mol. The van der Waals surface area contributed by atoms with Crippen molar-refractivity contribution in [1.29, 1.82) is 0 Å². The van der Waals surface area contributed by atoms with Crippen molar-refractivity contribution in [3.63, 3.8) is 0 Å². The van der Waals surface area contributed by atoms with E-state index in [0.29, 0.717) is 23.8 Å². The number of hydrogen-bond acceptors (Lipinski definition) is 7. The van der Waals surface area contributed by atoms with E-state index in [9.17, 15) is 10.1 Å². The van der Waals surface area contributed by atoms with Gasteiger partial charge in [0.25, 0.3) is 6.20 Å². The molecule has 112 valence electrons. The molecule has 4 N–H and O–H groups in total. The molecule has 1 heterocycles. The number of thioether (sulfide) groups is 1. The summed E-state index contributed by atoms with van der Waals surface area (Å²) >= 11 is 1.64. The molecule has 1 aromatic heterocycles. The van der Waals surface area contributed by atoms with Gasteiger partial charge in [-0.1, -0.05) is 5.92 Å². The van der Waals surface area contributed by atoms with Crippen LogP contribution in [-0.4, -0.2) is 28.7 Å². The van der Waals surface area contributed by atoms with Crippen LogP contribution in [-0.2, 0) is 5.75 Å². The SMILES string of the molecule is C#CCN/C(=C/[N+](=O)[O-])NCCSCc1ncccc1N. The summed E-state index contributed by atoms with van der Waals surface area (Å²) < 4.78 is 0. The van der Waals surface area contributed by atoms with Gasteiger partial charge in [-0.2, -0.15) is 11.8 Å². The number of rotatable bonds is 9. The van der Waals surface area contributed by atoms with Crippen molar-refractivity contribution in [2.75, 3.05) is 24.6 Å².